The van der Waals surface area contributed by atoms with Crippen molar-refractivity contribution in [3.8, 4) is 0 Å². The molecule has 0 aromatic rings. The number of allylic oxidation sites excluding steroid dienone is 2. The van der Waals surface area contributed by atoms with E-state index in [9.17, 15) is 0 Å². The van der Waals surface area contributed by atoms with Crippen LogP contribution < -0.4 is 0 Å². The maximum atomic E-state index is 2.59. The van der Waals surface area contributed by atoms with Crippen molar-refractivity contribution >= 4 is 0 Å². The lowest BCUT2D eigenvalue weighted by molar-refractivity contribution is 0.0775. The zero-order valence-electron chi connectivity index (χ0n) is 11.0. The van der Waals surface area contributed by atoms with E-state index in [1.165, 1.54) is 12.8 Å². The van der Waals surface area contributed by atoms with E-state index in [0.29, 0.717) is 0 Å². The minimum atomic E-state index is 1.00. The Labute approximate surface area is 105 Å². The molecule has 10 unspecified atom stereocenters. The molecule has 4 bridgehead atoms. The summed E-state index contributed by atoms with van der Waals surface area (Å²) in [6.45, 7) is 5.11. The van der Waals surface area contributed by atoms with Crippen molar-refractivity contribution in [2.45, 2.75) is 33.1 Å². The molecule has 10 atom stereocenters. The molecular weight excluding hydrogens is 204 g/mol. The highest BCUT2D eigenvalue weighted by Crippen LogP contribution is 2.73. The van der Waals surface area contributed by atoms with Gasteiger partial charge in [0.05, 0.1) is 0 Å². The third kappa shape index (κ3) is 0.923. The Kier molecular flexibility index (Phi) is 1.61. The molecule has 0 heterocycles. The molecule has 5 aliphatic rings. The van der Waals surface area contributed by atoms with Gasteiger partial charge in [0.15, 0.2) is 0 Å². The van der Waals surface area contributed by atoms with Crippen LogP contribution in [0.25, 0.3) is 0 Å². The Morgan fingerprint density at radius 2 is 1.18 bits per heavy atom. The summed E-state index contributed by atoms with van der Waals surface area (Å²) in [7, 11) is 0. The molecule has 5 aliphatic carbocycles. The smallest absolute Gasteiger partial charge is 0.0194 e. The molecule has 0 aromatic carbocycles. The molecule has 5 rings (SSSR count). The van der Waals surface area contributed by atoms with E-state index in [0.717, 1.165) is 59.2 Å². The summed E-state index contributed by atoms with van der Waals surface area (Å²) in [5.74, 6) is 10.9. The first-order valence-corrected chi connectivity index (χ1v) is 7.94. The van der Waals surface area contributed by atoms with Gasteiger partial charge in [0.1, 0.15) is 0 Å². The second-order valence-corrected chi connectivity index (χ2v) is 8.01. The van der Waals surface area contributed by atoms with Gasteiger partial charge in [-0.15, -0.1) is 0 Å². The second kappa shape index (κ2) is 2.83. The van der Waals surface area contributed by atoms with Crippen molar-refractivity contribution in [1.82, 2.24) is 0 Å². The van der Waals surface area contributed by atoms with Crippen molar-refractivity contribution in [1.29, 1.82) is 0 Å². The fourth-order valence-corrected chi connectivity index (χ4v) is 7.63. The molecule has 0 radical (unpaired) electrons. The first kappa shape index (κ1) is 9.64. The molecule has 0 amide bonds. The van der Waals surface area contributed by atoms with Crippen LogP contribution in [-0.2, 0) is 0 Å². The zero-order chi connectivity index (χ0) is 11.3. The number of hydrogen-bond donors (Lipinski definition) is 0. The molecule has 0 heteroatoms. The van der Waals surface area contributed by atoms with Crippen LogP contribution in [0, 0.1) is 59.2 Å². The quantitative estimate of drug-likeness (QED) is 0.434. The predicted octanol–water partition coefficient (Wildman–Crippen LogP) is 3.98. The van der Waals surface area contributed by atoms with Gasteiger partial charge in [0, 0.05) is 0 Å². The number of fused-ring (bicyclic) bond motifs is 12. The van der Waals surface area contributed by atoms with Crippen LogP contribution in [-0.4, -0.2) is 0 Å². The van der Waals surface area contributed by atoms with E-state index in [1.807, 2.05) is 0 Å². The van der Waals surface area contributed by atoms with Crippen molar-refractivity contribution in [3.05, 3.63) is 12.2 Å². The molecule has 4 fully saturated rings. The first-order chi connectivity index (χ1) is 8.25. The Bertz CT molecular complexity index is 361. The average molecular weight is 228 g/mol. The molecule has 0 nitrogen and oxygen atoms in total. The van der Waals surface area contributed by atoms with Crippen molar-refractivity contribution in [2.24, 2.45) is 59.2 Å². The summed E-state index contributed by atoms with van der Waals surface area (Å²) in [5.41, 5.74) is 0. The topological polar surface area (TPSA) is 0 Å². The Morgan fingerprint density at radius 1 is 0.647 bits per heavy atom. The van der Waals surface area contributed by atoms with Crippen LogP contribution in [0.2, 0.25) is 0 Å². The van der Waals surface area contributed by atoms with Crippen molar-refractivity contribution in [3.63, 3.8) is 0 Å². The summed E-state index contributed by atoms with van der Waals surface area (Å²) in [5, 5.41) is 0. The van der Waals surface area contributed by atoms with Gasteiger partial charge in [-0.25, -0.2) is 0 Å². The van der Waals surface area contributed by atoms with Crippen LogP contribution >= 0.6 is 0 Å². The molecule has 92 valence electrons. The van der Waals surface area contributed by atoms with E-state index >= 15 is 0 Å². The molecule has 4 saturated carbocycles. The lowest BCUT2D eigenvalue weighted by Crippen LogP contribution is -2.37. The summed E-state index contributed by atoms with van der Waals surface area (Å²) >= 11 is 0. The lowest BCUT2D eigenvalue weighted by Gasteiger charge is -2.41. The molecule has 0 spiro atoms. The molecule has 0 aliphatic heterocycles. The largest absolute Gasteiger partial charge is 0.0848 e. The van der Waals surface area contributed by atoms with Gasteiger partial charge in [-0.3, -0.25) is 0 Å². The Balaban J connectivity index is 1.59. The highest BCUT2D eigenvalue weighted by atomic mass is 14.7. The third-order valence-electron chi connectivity index (χ3n) is 7.61. The van der Waals surface area contributed by atoms with Crippen LogP contribution in [0.4, 0.5) is 0 Å². The highest BCUT2D eigenvalue weighted by molar-refractivity contribution is 5.23. The minimum absolute atomic E-state index is 1.00. The van der Waals surface area contributed by atoms with E-state index < -0.39 is 0 Å². The summed E-state index contributed by atoms with van der Waals surface area (Å²) in [4.78, 5) is 0. The van der Waals surface area contributed by atoms with Crippen molar-refractivity contribution < 1.29 is 0 Å². The average Bonchev–Trinajstić information content (AvgIpc) is 3.03. The highest BCUT2D eigenvalue weighted by Gasteiger charge is 2.67. The SMILES string of the molecule is CC1CC(C)C2C3CC(C12)C1C2C=CC(C2)C31. The van der Waals surface area contributed by atoms with Gasteiger partial charge in [-0.05, 0) is 78.4 Å². The monoisotopic (exact) mass is 228 g/mol. The van der Waals surface area contributed by atoms with Crippen molar-refractivity contribution in [2.75, 3.05) is 0 Å². The maximum Gasteiger partial charge on any atom is -0.0194 e. The first-order valence-electron chi connectivity index (χ1n) is 7.94. The van der Waals surface area contributed by atoms with Crippen LogP contribution in [0.5, 0.6) is 0 Å². The van der Waals surface area contributed by atoms with E-state index in [4.69, 9.17) is 0 Å². The maximum absolute atomic E-state index is 2.59. The Hall–Kier alpha value is -0.260. The molecule has 0 N–H and O–H groups in total. The summed E-state index contributed by atoms with van der Waals surface area (Å²) < 4.78 is 0. The van der Waals surface area contributed by atoms with Gasteiger partial charge in [-0.1, -0.05) is 26.0 Å². The van der Waals surface area contributed by atoms with Gasteiger partial charge in [0.2, 0.25) is 0 Å². The Morgan fingerprint density at radius 3 is 1.71 bits per heavy atom. The molecule has 0 aromatic heterocycles. The van der Waals surface area contributed by atoms with Crippen LogP contribution in [0.1, 0.15) is 33.1 Å². The van der Waals surface area contributed by atoms with Gasteiger partial charge >= 0.3 is 0 Å². The van der Waals surface area contributed by atoms with Crippen LogP contribution in [0.3, 0.4) is 0 Å². The standard InChI is InChI=1S/C17H24/c1-8-5-9(2)15-13-7-12(14(8)15)16-10-3-4-11(6-10)17(13)16/h3-4,8-17H,5-7H2,1-2H3. The normalized spacial score (nSPS) is 70.0. The van der Waals surface area contributed by atoms with E-state index in [1.54, 1.807) is 6.42 Å². The second-order valence-electron chi connectivity index (χ2n) is 8.01. The number of rotatable bonds is 0. The number of hydrogen-bond acceptors (Lipinski definition) is 0. The fraction of sp³-hybridized carbons (Fsp3) is 0.882. The van der Waals surface area contributed by atoms with Gasteiger partial charge < -0.3 is 0 Å². The zero-order valence-corrected chi connectivity index (χ0v) is 11.0. The van der Waals surface area contributed by atoms with Crippen LogP contribution in [0.15, 0.2) is 12.2 Å². The molecule has 0 saturated heterocycles. The minimum Gasteiger partial charge on any atom is -0.0848 e. The molecular formula is C17H24. The fourth-order valence-electron chi connectivity index (χ4n) is 7.63. The predicted molar refractivity (Wildman–Crippen MR) is 69.2 cm³/mol. The molecule has 17 heavy (non-hydrogen) atoms. The lowest BCUT2D eigenvalue weighted by atomic mass is 9.63. The van der Waals surface area contributed by atoms with Gasteiger partial charge in [-0.2, -0.15) is 0 Å². The van der Waals surface area contributed by atoms with E-state index in [-0.39, 0.29) is 0 Å². The van der Waals surface area contributed by atoms with Gasteiger partial charge in [0.25, 0.3) is 0 Å². The van der Waals surface area contributed by atoms with E-state index in [2.05, 4.69) is 26.0 Å². The third-order valence-corrected chi connectivity index (χ3v) is 7.61. The summed E-state index contributed by atoms with van der Waals surface area (Å²) in [6, 6.07) is 0. The summed E-state index contributed by atoms with van der Waals surface area (Å²) in [6.07, 6.45) is 9.86.